The Labute approximate surface area is 137 Å². The van der Waals surface area contributed by atoms with Crippen LogP contribution in [0.15, 0.2) is 24.3 Å². The molecule has 0 aliphatic heterocycles. The van der Waals surface area contributed by atoms with Crippen LogP contribution < -0.4 is 0 Å². The number of rotatable bonds is 7. The molecule has 0 spiro atoms. The van der Waals surface area contributed by atoms with E-state index in [-0.39, 0.29) is 0 Å². The average molecular weight is 324 g/mol. The summed E-state index contributed by atoms with van der Waals surface area (Å²) in [4.78, 5) is 11.6. The van der Waals surface area contributed by atoms with Gasteiger partial charge in [0.15, 0.2) is 6.61 Å². The number of carbonyl (C=O) groups is 1. The molecule has 23 heavy (non-hydrogen) atoms. The van der Waals surface area contributed by atoms with Gasteiger partial charge in [-0.3, -0.25) is 0 Å². The first-order valence-electron chi connectivity index (χ1n) is 8.65. The minimum Gasteiger partial charge on any atom is -0.456 e. The highest BCUT2D eigenvalue weighted by molar-refractivity contribution is 5.89. The normalized spacial score (nSPS) is 21.4. The first-order valence-corrected chi connectivity index (χ1v) is 8.65. The lowest BCUT2D eigenvalue weighted by Crippen LogP contribution is -2.14. The third kappa shape index (κ3) is 5.60. The summed E-state index contributed by atoms with van der Waals surface area (Å²) in [5, 5.41) is 0. The number of hydrogen-bond donors (Lipinski definition) is 0. The average Bonchev–Trinajstić information content (AvgIpc) is 2.58. The predicted molar refractivity (Wildman–Crippen MR) is 87.0 cm³/mol. The van der Waals surface area contributed by atoms with E-state index < -0.39 is 19.0 Å². The molecule has 0 heterocycles. The molecule has 0 bridgehead atoms. The summed E-state index contributed by atoms with van der Waals surface area (Å²) in [5.74, 6) is 0.744. The van der Waals surface area contributed by atoms with Crippen LogP contribution in [0.5, 0.6) is 0 Å². The monoisotopic (exact) mass is 324 g/mol. The number of halogens is 2. The summed E-state index contributed by atoms with van der Waals surface area (Å²) in [6.45, 7) is 1.39. The Kier molecular flexibility index (Phi) is 7.00. The van der Waals surface area contributed by atoms with E-state index in [0.29, 0.717) is 11.5 Å². The third-order valence-electron chi connectivity index (χ3n) is 4.77. The second-order valence-corrected chi connectivity index (χ2v) is 6.47. The van der Waals surface area contributed by atoms with Crippen LogP contribution in [-0.4, -0.2) is 19.0 Å². The smallest absolute Gasteiger partial charge is 0.338 e. The lowest BCUT2D eigenvalue weighted by atomic mass is 9.77. The maximum absolute atomic E-state index is 12.0. The van der Waals surface area contributed by atoms with Crippen LogP contribution in [-0.2, 0) is 4.74 Å². The van der Waals surface area contributed by atoms with E-state index in [1.165, 1.54) is 50.5 Å². The van der Waals surface area contributed by atoms with E-state index in [4.69, 9.17) is 0 Å². The maximum atomic E-state index is 12.0. The van der Waals surface area contributed by atoms with Gasteiger partial charge in [-0.25, -0.2) is 13.6 Å². The van der Waals surface area contributed by atoms with Gasteiger partial charge in [0, 0.05) is 0 Å². The molecular formula is C19H26F2O2. The zero-order valence-electron chi connectivity index (χ0n) is 13.8. The summed E-state index contributed by atoms with van der Waals surface area (Å²) in [6, 6.07) is 7.25. The number of unbranched alkanes of at least 4 members (excludes halogenated alkanes) is 1. The predicted octanol–water partition coefficient (Wildman–Crippen LogP) is 5.57. The van der Waals surface area contributed by atoms with Crippen molar-refractivity contribution < 1.29 is 18.3 Å². The van der Waals surface area contributed by atoms with Crippen molar-refractivity contribution in [2.45, 2.75) is 64.2 Å². The van der Waals surface area contributed by atoms with Crippen LogP contribution >= 0.6 is 0 Å². The van der Waals surface area contributed by atoms with Crippen molar-refractivity contribution in [2.24, 2.45) is 5.92 Å². The van der Waals surface area contributed by atoms with Crippen LogP contribution in [0.2, 0.25) is 0 Å². The van der Waals surface area contributed by atoms with Gasteiger partial charge in [-0.05, 0) is 55.2 Å². The fourth-order valence-corrected chi connectivity index (χ4v) is 3.39. The molecule has 4 heteroatoms. The number of alkyl halides is 2. The molecule has 1 aromatic rings. The molecule has 128 valence electrons. The van der Waals surface area contributed by atoms with Crippen LogP contribution in [0.3, 0.4) is 0 Å². The van der Waals surface area contributed by atoms with Crippen molar-refractivity contribution in [3.63, 3.8) is 0 Å². The molecule has 0 N–H and O–H groups in total. The van der Waals surface area contributed by atoms with E-state index in [2.05, 4.69) is 11.7 Å². The lowest BCUT2D eigenvalue weighted by Gasteiger charge is -2.28. The number of esters is 1. The van der Waals surface area contributed by atoms with Crippen molar-refractivity contribution in [2.75, 3.05) is 6.61 Å². The largest absolute Gasteiger partial charge is 0.456 e. The molecule has 2 nitrogen and oxygen atoms in total. The quantitative estimate of drug-likeness (QED) is 0.613. The number of ether oxygens (including phenoxy) is 1. The second kappa shape index (κ2) is 8.99. The molecule has 1 aromatic carbocycles. The van der Waals surface area contributed by atoms with Crippen molar-refractivity contribution in [3.8, 4) is 0 Å². The second-order valence-electron chi connectivity index (χ2n) is 6.47. The molecule has 0 saturated heterocycles. The fourth-order valence-electron chi connectivity index (χ4n) is 3.39. The summed E-state index contributed by atoms with van der Waals surface area (Å²) < 4.78 is 28.6. The highest BCUT2D eigenvalue weighted by Crippen LogP contribution is 2.37. The minimum absolute atomic E-state index is 0.339. The molecule has 1 saturated carbocycles. The van der Waals surface area contributed by atoms with Gasteiger partial charge in [0.1, 0.15) is 0 Å². The SMILES string of the molecule is CCCCC1CCC(c2ccc(C(=O)OCC(F)F)cc2)CC1. The Morgan fingerprint density at radius 3 is 2.39 bits per heavy atom. The molecule has 1 fully saturated rings. The Morgan fingerprint density at radius 1 is 1.17 bits per heavy atom. The Morgan fingerprint density at radius 2 is 1.83 bits per heavy atom. The van der Waals surface area contributed by atoms with E-state index in [9.17, 15) is 13.6 Å². The maximum Gasteiger partial charge on any atom is 0.338 e. The van der Waals surface area contributed by atoms with Gasteiger partial charge in [0.25, 0.3) is 6.43 Å². The van der Waals surface area contributed by atoms with Crippen LogP contribution in [0.25, 0.3) is 0 Å². The van der Waals surface area contributed by atoms with E-state index in [0.717, 1.165) is 5.92 Å². The molecule has 0 aromatic heterocycles. The summed E-state index contributed by atoms with van der Waals surface area (Å²) in [5.41, 5.74) is 1.58. The molecule has 1 aliphatic rings. The molecule has 0 unspecified atom stereocenters. The fraction of sp³-hybridized carbons (Fsp3) is 0.632. The van der Waals surface area contributed by atoms with Crippen molar-refractivity contribution >= 4 is 5.97 Å². The van der Waals surface area contributed by atoms with Crippen molar-refractivity contribution in [1.82, 2.24) is 0 Å². The number of hydrogen-bond acceptors (Lipinski definition) is 2. The van der Waals surface area contributed by atoms with E-state index in [1.807, 2.05) is 12.1 Å². The standard InChI is InChI=1S/C19H26F2O2/c1-2-3-4-14-5-7-15(8-6-14)16-9-11-17(12-10-16)19(22)23-13-18(20)21/h9-12,14-15,18H,2-8,13H2,1H3. The van der Waals surface area contributed by atoms with E-state index >= 15 is 0 Å². The van der Waals surface area contributed by atoms with Gasteiger partial charge < -0.3 is 4.74 Å². The molecule has 0 radical (unpaired) electrons. The first-order chi connectivity index (χ1) is 11.1. The minimum atomic E-state index is -2.62. The number of carbonyl (C=O) groups excluding carboxylic acids is 1. The molecule has 0 amide bonds. The van der Waals surface area contributed by atoms with E-state index in [1.54, 1.807) is 12.1 Å². The van der Waals surface area contributed by atoms with Gasteiger partial charge >= 0.3 is 5.97 Å². The first kappa shape index (κ1) is 17.9. The highest BCUT2D eigenvalue weighted by Gasteiger charge is 2.22. The van der Waals surface area contributed by atoms with Crippen molar-refractivity contribution in [1.29, 1.82) is 0 Å². The highest BCUT2D eigenvalue weighted by atomic mass is 19.3. The van der Waals surface area contributed by atoms with Gasteiger partial charge in [0.05, 0.1) is 5.56 Å². The lowest BCUT2D eigenvalue weighted by molar-refractivity contribution is 0.0160. The molecule has 2 rings (SSSR count). The van der Waals surface area contributed by atoms with Gasteiger partial charge in [0.2, 0.25) is 0 Å². The van der Waals surface area contributed by atoms with Crippen LogP contribution in [0, 0.1) is 5.92 Å². The topological polar surface area (TPSA) is 26.3 Å². The molecule has 0 atom stereocenters. The zero-order valence-corrected chi connectivity index (χ0v) is 13.8. The van der Waals surface area contributed by atoms with Gasteiger partial charge in [-0.2, -0.15) is 0 Å². The van der Waals surface area contributed by atoms with Gasteiger partial charge in [-0.1, -0.05) is 38.3 Å². The Hall–Kier alpha value is -1.45. The van der Waals surface area contributed by atoms with Crippen molar-refractivity contribution in [3.05, 3.63) is 35.4 Å². The van der Waals surface area contributed by atoms with Crippen LogP contribution in [0.4, 0.5) is 8.78 Å². The third-order valence-corrected chi connectivity index (χ3v) is 4.77. The zero-order chi connectivity index (χ0) is 16.7. The Bertz CT molecular complexity index is 477. The molecular weight excluding hydrogens is 298 g/mol. The summed E-state index contributed by atoms with van der Waals surface area (Å²) in [7, 11) is 0. The summed E-state index contributed by atoms with van der Waals surface area (Å²) in [6.07, 6.45) is 6.27. The Balaban J connectivity index is 1.84. The number of benzene rings is 1. The summed E-state index contributed by atoms with van der Waals surface area (Å²) >= 11 is 0. The van der Waals surface area contributed by atoms with Crippen LogP contribution in [0.1, 0.15) is 73.7 Å². The van der Waals surface area contributed by atoms with Gasteiger partial charge in [-0.15, -0.1) is 0 Å². The molecule has 1 aliphatic carbocycles.